The van der Waals surface area contributed by atoms with E-state index in [1.165, 1.54) is 16.7 Å². The summed E-state index contributed by atoms with van der Waals surface area (Å²) in [5.74, 6) is -1.08. The molecule has 21 heavy (non-hydrogen) atoms. The predicted octanol–water partition coefficient (Wildman–Crippen LogP) is 3.23. The summed E-state index contributed by atoms with van der Waals surface area (Å²) in [4.78, 5) is 26.4. The van der Waals surface area contributed by atoms with Crippen molar-refractivity contribution in [1.29, 1.82) is 0 Å². The highest BCUT2D eigenvalue weighted by Crippen LogP contribution is 2.23. The molecule has 0 fully saturated rings. The van der Waals surface area contributed by atoms with Gasteiger partial charge < -0.3 is 15.7 Å². The molecular formula is C13H12BrN3O3S. The van der Waals surface area contributed by atoms with Crippen LogP contribution in [-0.2, 0) is 6.54 Å². The molecule has 0 aliphatic rings. The Morgan fingerprint density at radius 2 is 2.19 bits per heavy atom. The van der Waals surface area contributed by atoms with Crippen LogP contribution in [0.15, 0.2) is 28.1 Å². The van der Waals surface area contributed by atoms with E-state index >= 15 is 0 Å². The van der Waals surface area contributed by atoms with Gasteiger partial charge in [0.2, 0.25) is 0 Å². The third kappa shape index (κ3) is 4.27. The minimum Gasteiger partial charge on any atom is -0.476 e. The molecule has 2 aromatic rings. The minimum absolute atomic E-state index is 0.0153. The molecule has 0 aliphatic carbocycles. The molecule has 0 aliphatic heterocycles. The zero-order chi connectivity index (χ0) is 15.4. The number of aromatic nitrogens is 1. The van der Waals surface area contributed by atoms with E-state index in [0.717, 1.165) is 10.0 Å². The maximum absolute atomic E-state index is 11.8. The third-order valence-electron chi connectivity index (χ3n) is 2.54. The molecule has 1 heterocycles. The van der Waals surface area contributed by atoms with Gasteiger partial charge in [-0.3, -0.25) is 0 Å². The molecule has 2 rings (SSSR count). The summed E-state index contributed by atoms with van der Waals surface area (Å²) < 4.78 is 0.792. The number of aryl methyl sites for hydroxylation is 1. The van der Waals surface area contributed by atoms with E-state index < -0.39 is 5.97 Å². The lowest BCUT2D eigenvalue weighted by atomic mass is 10.2. The molecule has 1 aromatic heterocycles. The van der Waals surface area contributed by atoms with Crippen molar-refractivity contribution in [2.45, 2.75) is 13.5 Å². The van der Waals surface area contributed by atoms with Crippen molar-refractivity contribution in [1.82, 2.24) is 10.3 Å². The van der Waals surface area contributed by atoms with Crippen molar-refractivity contribution < 1.29 is 14.7 Å². The Balaban J connectivity index is 1.91. The van der Waals surface area contributed by atoms with Crippen LogP contribution in [0.25, 0.3) is 0 Å². The average molecular weight is 370 g/mol. The highest BCUT2D eigenvalue weighted by Gasteiger charge is 2.10. The van der Waals surface area contributed by atoms with Crippen LogP contribution in [0.4, 0.5) is 10.5 Å². The third-order valence-corrected chi connectivity index (χ3v) is 4.05. The van der Waals surface area contributed by atoms with Gasteiger partial charge in [-0.05, 0) is 40.5 Å². The van der Waals surface area contributed by atoms with Gasteiger partial charge in [-0.1, -0.05) is 6.07 Å². The Morgan fingerprint density at radius 3 is 2.81 bits per heavy atom. The number of amides is 2. The van der Waals surface area contributed by atoms with Crippen LogP contribution >= 0.6 is 27.3 Å². The monoisotopic (exact) mass is 369 g/mol. The number of benzene rings is 1. The number of rotatable bonds is 4. The number of nitrogens with one attached hydrogen (secondary N) is 2. The van der Waals surface area contributed by atoms with Gasteiger partial charge in [0.05, 0.1) is 12.2 Å². The van der Waals surface area contributed by atoms with Crippen LogP contribution in [0.3, 0.4) is 0 Å². The Morgan fingerprint density at radius 1 is 1.43 bits per heavy atom. The normalized spacial score (nSPS) is 10.2. The van der Waals surface area contributed by atoms with Gasteiger partial charge in [-0.2, -0.15) is 0 Å². The Bertz CT molecular complexity index is 687. The number of carboxylic acids is 1. The van der Waals surface area contributed by atoms with E-state index in [1.807, 2.05) is 19.1 Å². The lowest BCUT2D eigenvalue weighted by molar-refractivity contribution is 0.0691. The Kier molecular flexibility index (Phi) is 4.92. The highest BCUT2D eigenvalue weighted by atomic mass is 79.9. The molecule has 0 saturated carbocycles. The Labute approximate surface area is 133 Å². The topological polar surface area (TPSA) is 91.3 Å². The van der Waals surface area contributed by atoms with Crippen LogP contribution in [-0.4, -0.2) is 22.1 Å². The summed E-state index contributed by atoms with van der Waals surface area (Å²) in [6, 6.07) is 5.20. The zero-order valence-corrected chi connectivity index (χ0v) is 13.4. The molecule has 0 radical (unpaired) electrons. The predicted molar refractivity (Wildman–Crippen MR) is 83.8 cm³/mol. The number of carboxylic acid groups (broad SMARTS) is 1. The first kappa shape index (κ1) is 15.5. The van der Waals surface area contributed by atoms with E-state index in [0.29, 0.717) is 10.7 Å². The van der Waals surface area contributed by atoms with Gasteiger partial charge in [0, 0.05) is 9.85 Å². The maximum atomic E-state index is 11.8. The van der Waals surface area contributed by atoms with E-state index in [9.17, 15) is 9.59 Å². The average Bonchev–Trinajstić information content (AvgIpc) is 2.89. The van der Waals surface area contributed by atoms with Gasteiger partial charge in [0.25, 0.3) is 0 Å². The second kappa shape index (κ2) is 6.68. The summed E-state index contributed by atoms with van der Waals surface area (Å²) in [6.07, 6.45) is 0. The van der Waals surface area contributed by atoms with E-state index in [1.54, 1.807) is 6.07 Å². The number of halogens is 1. The first-order chi connectivity index (χ1) is 9.95. The Hall–Kier alpha value is -1.93. The van der Waals surface area contributed by atoms with Crippen molar-refractivity contribution in [2.75, 3.05) is 5.32 Å². The van der Waals surface area contributed by atoms with Crippen LogP contribution in [0.1, 0.15) is 21.1 Å². The van der Waals surface area contributed by atoms with Gasteiger partial charge in [-0.15, -0.1) is 11.3 Å². The van der Waals surface area contributed by atoms with Crippen LogP contribution < -0.4 is 10.6 Å². The first-order valence-corrected chi connectivity index (χ1v) is 7.61. The molecule has 0 saturated heterocycles. The molecular weight excluding hydrogens is 358 g/mol. The summed E-state index contributed by atoms with van der Waals surface area (Å²) in [5, 5.41) is 16.1. The number of carbonyl (C=O) groups excluding carboxylic acids is 1. The second-order valence-electron chi connectivity index (χ2n) is 4.22. The summed E-state index contributed by atoms with van der Waals surface area (Å²) in [5.41, 5.74) is 1.72. The number of urea groups is 1. The fourth-order valence-corrected chi connectivity index (χ4v) is 2.83. The lowest BCUT2D eigenvalue weighted by Gasteiger charge is -2.08. The van der Waals surface area contributed by atoms with E-state index in [-0.39, 0.29) is 18.3 Å². The molecule has 3 N–H and O–H groups in total. The summed E-state index contributed by atoms with van der Waals surface area (Å²) in [6.45, 7) is 2.13. The SMILES string of the molecule is Cc1ccc(NC(=O)NCc2nc(C(=O)O)cs2)c(Br)c1. The fraction of sp³-hybridized carbons (Fsp3) is 0.154. The van der Waals surface area contributed by atoms with Gasteiger partial charge >= 0.3 is 12.0 Å². The molecule has 0 spiro atoms. The highest BCUT2D eigenvalue weighted by molar-refractivity contribution is 9.10. The van der Waals surface area contributed by atoms with E-state index in [2.05, 4.69) is 31.5 Å². The molecule has 1 aromatic carbocycles. The number of anilines is 1. The van der Waals surface area contributed by atoms with Gasteiger partial charge in [0.15, 0.2) is 5.69 Å². The molecule has 0 unspecified atom stereocenters. The summed E-state index contributed by atoms with van der Waals surface area (Å²) >= 11 is 4.56. The van der Waals surface area contributed by atoms with E-state index in [4.69, 9.17) is 5.11 Å². The lowest BCUT2D eigenvalue weighted by Crippen LogP contribution is -2.28. The van der Waals surface area contributed by atoms with Crippen molar-refractivity contribution in [3.8, 4) is 0 Å². The number of hydrogen-bond donors (Lipinski definition) is 3. The summed E-state index contributed by atoms with van der Waals surface area (Å²) in [7, 11) is 0. The van der Waals surface area contributed by atoms with Crippen LogP contribution in [0, 0.1) is 6.92 Å². The molecule has 2 amide bonds. The van der Waals surface area contributed by atoms with Crippen molar-refractivity contribution >= 4 is 45.0 Å². The molecule has 8 heteroatoms. The second-order valence-corrected chi connectivity index (χ2v) is 6.02. The number of hydrogen-bond acceptors (Lipinski definition) is 4. The standard InChI is InChI=1S/C13H12BrN3O3S/c1-7-2-3-9(8(14)4-7)17-13(20)15-5-11-16-10(6-21-11)12(18)19/h2-4,6H,5H2,1H3,(H,18,19)(H2,15,17,20). The number of thiazole rings is 1. The number of nitrogens with zero attached hydrogens (tertiary/aromatic N) is 1. The maximum Gasteiger partial charge on any atom is 0.355 e. The van der Waals surface area contributed by atoms with Crippen LogP contribution in [0.5, 0.6) is 0 Å². The van der Waals surface area contributed by atoms with Crippen molar-refractivity contribution in [2.24, 2.45) is 0 Å². The van der Waals surface area contributed by atoms with Crippen molar-refractivity contribution in [3.05, 3.63) is 44.3 Å². The molecule has 110 valence electrons. The number of aromatic carboxylic acids is 1. The van der Waals surface area contributed by atoms with Gasteiger partial charge in [-0.25, -0.2) is 14.6 Å². The largest absolute Gasteiger partial charge is 0.476 e. The first-order valence-electron chi connectivity index (χ1n) is 5.94. The molecule has 0 atom stereocenters. The fourth-order valence-electron chi connectivity index (χ4n) is 1.53. The number of carbonyl (C=O) groups is 2. The van der Waals surface area contributed by atoms with Gasteiger partial charge in [0.1, 0.15) is 5.01 Å². The minimum atomic E-state index is -1.08. The van der Waals surface area contributed by atoms with Crippen LogP contribution in [0.2, 0.25) is 0 Å². The van der Waals surface area contributed by atoms with Crippen molar-refractivity contribution in [3.63, 3.8) is 0 Å². The molecule has 6 nitrogen and oxygen atoms in total. The molecule has 0 bridgehead atoms. The quantitative estimate of drug-likeness (QED) is 0.771. The zero-order valence-electron chi connectivity index (χ0n) is 11.0. The smallest absolute Gasteiger partial charge is 0.355 e.